The van der Waals surface area contributed by atoms with Crippen LogP contribution >= 0.6 is 59.4 Å². The number of halogens is 13. The summed E-state index contributed by atoms with van der Waals surface area (Å²) in [4.78, 5) is 96.8. The van der Waals surface area contributed by atoms with Crippen LogP contribution in [-0.4, -0.2) is 135 Å². The summed E-state index contributed by atoms with van der Waals surface area (Å²) in [6.07, 6.45) is -12.1. The fourth-order valence-corrected chi connectivity index (χ4v) is 7.05. The van der Waals surface area contributed by atoms with Gasteiger partial charge in [0.15, 0.2) is 17.2 Å². The summed E-state index contributed by atoms with van der Waals surface area (Å²) in [5.41, 5.74) is -4.05. The van der Waals surface area contributed by atoms with Gasteiger partial charge in [-0.2, -0.15) is 54.7 Å². The highest BCUT2D eigenvalue weighted by molar-refractivity contribution is 9.11. The molecule has 0 aliphatic carbocycles. The molecule has 0 atom stereocenters. The van der Waals surface area contributed by atoms with Gasteiger partial charge in [-0.25, -0.2) is 19.4 Å². The van der Waals surface area contributed by atoms with E-state index in [1.54, 1.807) is 67.9 Å². The van der Waals surface area contributed by atoms with Crippen LogP contribution in [0, 0.1) is 6.92 Å². The number of carbonyl (C=O) groups excluding carboxylic acids is 6. The molecule has 2 heterocycles. The van der Waals surface area contributed by atoms with Crippen LogP contribution in [-0.2, 0) is 14.4 Å². The van der Waals surface area contributed by atoms with Gasteiger partial charge in [-0.05, 0) is 113 Å². The fourth-order valence-electron chi connectivity index (χ4n) is 5.15. The number of benzene rings is 1. The summed E-state index contributed by atoms with van der Waals surface area (Å²) in [7, 11) is 0. The van der Waals surface area contributed by atoms with Gasteiger partial charge >= 0.3 is 36.6 Å². The Balaban J connectivity index is 0.000000578. The van der Waals surface area contributed by atoms with Crippen LogP contribution < -0.4 is 46.4 Å². The maximum Gasteiger partial charge on any atom is 0.405 e. The molecule has 2 aromatic heterocycles. The van der Waals surface area contributed by atoms with Crippen molar-refractivity contribution < 1.29 is 82.8 Å². The van der Waals surface area contributed by atoms with Crippen molar-refractivity contribution >= 4 is 95.2 Å². The first kappa shape index (κ1) is 69.3. The zero-order valence-corrected chi connectivity index (χ0v) is 48.2. The van der Waals surface area contributed by atoms with Gasteiger partial charge in [-0.15, -0.1) is 0 Å². The molecule has 0 saturated carbocycles. The van der Waals surface area contributed by atoms with E-state index in [-0.39, 0.29) is 31.1 Å². The van der Waals surface area contributed by atoms with Gasteiger partial charge in [0.1, 0.15) is 45.5 Å². The molecule has 0 spiro atoms. The number of aromatic nitrogens is 2. The lowest BCUT2D eigenvalue weighted by molar-refractivity contribution is -0.141. The van der Waals surface area contributed by atoms with Crippen molar-refractivity contribution in [2.24, 2.45) is 0 Å². The van der Waals surface area contributed by atoms with Crippen molar-refractivity contribution in [3.05, 3.63) is 73.1 Å². The average Bonchev–Trinajstić information content (AvgIpc) is 3.27. The molecule has 0 aliphatic rings. The van der Waals surface area contributed by atoms with Gasteiger partial charge in [0.25, 0.3) is 0 Å². The van der Waals surface area contributed by atoms with E-state index in [0.29, 0.717) is 30.1 Å². The molecule has 33 heteroatoms. The Bertz CT molecular complexity index is 2340. The van der Waals surface area contributed by atoms with Crippen molar-refractivity contribution in [1.82, 2.24) is 57.1 Å². The molecule has 0 saturated heterocycles. The average molecular weight is 1330 g/mol. The number of pyridine rings is 2. The lowest BCUT2D eigenvalue weighted by Crippen LogP contribution is -2.59. The minimum absolute atomic E-state index is 0.107. The molecule has 3 rings (SSSR count). The Morgan fingerprint density at radius 1 is 0.532 bits per heavy atom. The van der Waals surface area contributed by atoms with E-state index >= 15 is 0 Å². The Hall–Kier alpha value is -5.76. The van der Waals surface area contributed by atoms with Crippen molar-refractivity contribution in [2.75, 3.05) is 39.3 Å². The van der Waals surface area contributed by atoms with Crippen LogP contribution in [0.15, 0.2) is 62.3 Å². The third-order valence-corrected chi connectivity index (χ3v) is 10.4. The van der Waals surface area contributed by atoms with E-state index in [1.807, 2.05) is 0 Å². The topological polar surface area (TPSA) is 238 Å². The van der Waals surface area contributed by atoms with Crippen LogP contribution in [0.2, 0.25) is 5.02 Å². The summed E-state index contributed by atoms with van der Waals surface area (Å²) in [6, 6.07) is 8.51. The molecule has 3 aromatic rings. The summed E-state index contributed by atoms with van der Waals surface area (Å²) in [5.74, 6) is -2.01. The summed E-state index contributed by atoms with van der Waals surface area (Å²) in [6.45, 7) is 10.3. The van der Waals surface area contributed by atoms with Crippen LogP contribution in [0.4, 0.5) is 53.9 Å². The van der Waals surface area contributed by atoms with Crippen molar-refractivity contribution in [2.45, 2.75) is 104 Å². The van der Waals surface area contributed by atoms with Crippen LogP contribution in [0.5, 0.6) is 17.2 Å². The molecule has 6 N–H and O–H groups in total. The second kappa shape index (κ2) is 29.8. The van der Waals surface area contributed by atoms with Crippen LogP contribution in [0.25, 0.3) is 0 Å². The van der Waals surface area contributed by atoms with Crippen molar-refractivity contribution in [3.8, 4) is 17.2 Å². The lowest BCUT2D eigenvalue weighted by atomic mass is 10.1. The normalized spacial score (nSPS) is 11.7. The third-order valence-electron chi connectivity index (χ3n) is 8.94. The standard InChI is InChI=1S/C15H18BrClF3N3O3.C15H21F3N4O3.C14H17Br2F3N4O3/c1-4-23(26-11-6-9(16)5-10(17)7-11)13(25)22-14(2,3)12(24)21-8-15(18,19)20;1-5-22(25-11-6-7-19-10(2)8-11)13(24)21-14(3,4)12(23)20-9-15(16,17)18;1-4-23(26-8-5-9(15)21-10(16)6-8)12(25)22-13(2,3)11(24)20-7-14(17,18)19/h5-7H,4,8H2,1-3H3,(H,21,24)(H,22,25);6-8H,5,9H2,1-4H3,(H,20,23)(H,21,24);5-6H,4,7H2,1-3H3,(H,20,24)(H,22,25). The number of rotatable bonds is 18. The SMILES string of the molecule is CCN(Oc1cc(Br)nc(Br)c1)C(=O)NC(C)(C)C(=O)NCC(F)(F)F.CCN(Oc1cc(Cl)cc(Br)c1)C(=O)NC(C)(C)C(=O)NCC(F)(F)F.CCN(Oc1ccnc(C)c1)C(=O)NC(C)(C)C(=O)NCC(F)(F)F. The molecule has 0 aliphatic heterocycles. The Morgan fingerprint density at radius 2 is 0.857 bits per heavy atom. The smallest absolute Gasteiger partial charge is 0.375 e. The van der Waals surface area contributed by atoms with Crippen molar-refractivity contribution in [3.63, 3.8) is 0 Å². The molecule has 0 bridgehead atoms. The van der Waals surface area contributed by atoms with E-state index in [2.05, 4.69) is 73.7 Å². The summed E-state index contributed by atoms with van der Waals surface area (Å²) in [5, 5.41) is 15.4. The second-order valence-corrected chi connectivity index (χ2v) is 20.1. The molecule has 20 nitrogen and oxygen atoms in total. The number of hydroxylamine groups is 6. The number of carbonyl (C=O) groups is 6. The predicted octanol–water partition coefficient (Wildman–Crippen LogP) is 9.45. The highest BCUT2D eigenvalue weighted by Gasteiger charge is 2.38. The lowest BCUT2D eigenvalue weighted by Gasteiger charge is -2.29. The number of aryl methyl sites for hydroxylation is 1. The molecule has 77 heavy (non-hydrogen) atoms. The predicted molar refractivity (Wildman–Crippen MR) is 272 cm³/mol. The molecule has 0 radical (unpaired) electrons. The highest BCUT2D eigenvalue weighted by Crippen LogP contribution is 2.26. The summed E-state index contributed by atoms with van der Waals surface area (Å²) < 4.78 is 111. The zero-order chi connectivity index (χ0) is 59.5. The maximum atomic E-state index is 12.3. The highest BCUT2D eigenvalue weighted by atomic mass is 79.9. The van der Waals surface area contributed by atoms with Gasteiger partial charge in [0, 0.05) is 51.7 Å². The number of hydrogen-bond acceptors (Lipinski definition) is 11. The number of hydrogen-bond donors (Lipinski definition) is 6. The molecular weight excluding hydrogens is 1270 g/mol. The number of urea groups is 3. The molecule has 432 valence electrons. The summed E-state index contributed by atoms with van der Waals surface area (Å²) >= 11 is 15.5. The van der Waals surface area contributed by atoms with Crippen LogP contribution in [0.3, 0.4) is 0 Å². The van der Waals surface area contributed by atoms with E-state index in [0.717, 1.165) is 15.2 Å². The zero-order valence-electron chi connectivity index (χ0n) is 42.7. The molecular formula is C44H56Br3ClF9N11O9. The molecule has 0 unspecified atom stereocenters. The Morgan fingerprint density at radius 3 is 1.16 bits per heavy atom. The van der Waals surface area contributed by atoms with E-state index in [4.69, 9.17) is 26.1 Å². The van der Waals surface area contributed by atoms with Crippen molar-refractivity contribution in [1.29, 1.82) is 0 Å². The first-order valence-corrected chi connectivity index (χ1v) is 25.0. The van der Waals surface area contributed by atoms with Gasteiger partial charge < -0.3 is 46.4 Å². The van der Waals surface area contributed by atoms with Gasteiger partial charge in [-0.3, -0.25) is 19.4 Å². The van der Waals surface area contributed by atoms with Gasteiger partial charge in [0.2, 0.25) is 17.7 Å². The molecule has 9 amide bonds. The third kappa shape index (κ3) is 27.4. The van der Waals surface area contributed by atoms with Gasteiger partial charge in [-0.1, -0.05) is 27.5 Å². The molecule has 0 fully saturated rings. The monoisotopic (exact) mass is 1330 g/mol. The quantitative estimate of drug-likeness (QED) is 0.0398. The van der Waals surface area contributed by atoms with Crippen LogP contribution in [0.1, 0.15) is 68.0 Å². The van der Waals surface area contributed by atoms with E-state index in [9.17, 15) is 68.3 Å². The van der Waals surface area contributed by atoms with E-state index < -0.39 is 90.6 Å². The number of amides is 9. The largest absolute Gasteiger partial charge is 0.405 e. The number of nitrogens with zero attached hydrogens (tertiary/aromatic N) is 5. The second-order valence-electron chi connectivity index (χ2n) is 17.1. The first-order chi connectivity index (χ1) is 35.1. The molecule has 1 aromatic carbocycles. The van der Waals surface area contributed by atoms with Gasteiger partial charge in [0.05, 0.1) is 19.6 Å². The Labute approximate surface area is 466 Å². The first-order valence-electron chi connectivity index (χ1n) is 22.2. The Kier molecular flexibility index (Phi) is 26.8. The number of nitrogens with one attached hydrogen (secondary N) is 6. The van der Waals surface area contributed by atoms with E-state index in [1.165, 1.54) is 65.9 Å². The minimum Gasteiger partial charge on any atom is -0.375 e. The minimum atomic E-state index is -4.55. The number of alkyl halides is 9. The maximum absolute atomic E-state index is 12.3. The fraction of sp³-hybridized carbons (Fsp3) is 0.500.